The van der Waals surface area contributed by atoms with Crippen molar-refractivity contribution in [3.05, 3.63) is 82.6 Å². The fraction of sp³-hybridized carbons (Fsp3) is 0.190. The summed E-state index contributed by atoms with van der Waals surface area (Å²) in [6, 6.07) is 19.6. The Bertz CT molecular complexity index is 1000. The van der Waals surface area contributed by atoms with Gasteiger partial charge in [-0.15, -0.1) is 11.3 Å². The van der Waals surface area contributed by atoms with E-state index in [1.807, 2.05) is 47.8 Å². The fourth-order valence-corrected chi connectivity index (χ4v) is 4.37. The minimum absolute atomic E-state index is 0.137. The molecule has 1 aromatic heterocycles. The number of thiophene rings is 1. The number of rotatable bonds is 10. The third-order valence-corrected chi connectivity index (χ3v) is 6.48. The number of hydrogen-bond acceptors (Lipinski definition) is 5. The van der Waals surface area contributed by atoms with E-state index in [-0.39, 0.29) is 17.3 Å². The van der Waals surface area contributed by atoms with E-state index >= 15 is 0 Å². The van der Waals surface area contributed by atoms with Crippen LogP contribution in [0.2, 0.25) is 0 Å². The molecule has 0 radical (unpaired) electrons. The molecule has 3 N–H and O–H groups in total. The standard InChI is InChI=1S/C21H23N3O3S2/c25-21(23-14-5-13-22-18-6-2-1-3-7-18)17-9-11-20(12-10-17)29(26,27)24-16-19-8-4-15-28-19/h1-4,6-12,15,22,24H,5,13-14,16H2,(H,23,25). The summed E-state index contributed by atoms with van der Waals surface area (Å²) >= 11 is 1.49. The van der Waals surface area contributed by atoms with Crippen LogP contribution in [0.5, 0.6) is 0 Å². The molecule has 0 atom stereocenters. The second kappa shape index (κ2) is 10.2. The number of anilines is 1. The topological polar surface area (TPSA) is 87.3 Å². The van der Waals surface area contributed by atoms with E-state index in [4.69, 9.17) is 0 Å². The van der Waals surface area contributed by atoms with Crippen LogP contribution in [0, 0.1) is 0 Å². The van der Waals surface area contributed by atoms with E-state index in [1.165, 1.54) is 35.6 Å². The van der Waals surface area contributed by atoms with E-state index in [0.717, 1.165) is 23.5 Å². The highest BCUT2D eigenvalue weighted by molar-refractivity contribution is 7.89. The highest BCUT2D eigenvalue weighted by atomic mass is 32.2. The molecular weight excluding hydrogens is 406 g/mol. The first-order chi connectivity index (χ1) is 14.0. The molecule has 0 aliphatic carbocycles. The minimum atomic E-state index is -3.61. The molecule has 0 saturated carbocycles. The molecular formula is C21H23N3O3S2. The van der Waals surface area contributed by atoms with Crippen molar-refractivity contribution in [2.45, 2.75) is 17.9 Å². The van der Waals surface area contributed by atoms with Gasteiger partial charge >= 0.3 is 0 Å². The van der Waals surface area contributed by atoms with E-state index in [0.29, 0.717) is 12.1 Å². The number of nitrogens with one attached hydrogen (secondary N) is 3. The Balaban J connectivity index is 1.44. The van der Waals surface area contributed by atoms with Crippen LogP contribution < -0.4 is 15.4 Å². The summed E-state index contributed by atoms with van der Waals surface area (Å²) in [5, 5.41) is 8.02. The van der Waals surface area contributed by atoms with E-state index in [9.17, 15) is 13.2 Å². The summed E-state index contributed by atoms with van der Waals surface area (Å²) in [5.74, 6) is -0.222. The molecule has 152 valence electrons. The Hall–Kier alpha value is -2.68. The Morgan fingerprint density at radius 2 is 1.66 bits per heavy atom. The minimum Gasteiger partial charge on any atom is -0.385 e. The SMILES string of the molecule is O=C(NCCCNc1ccccc1)c1ccc(S(=O)(=O)NCc2cccs2)cc1. The van der Waals surface area contributed by atoms with Crippen molar-refractivity contribution in [2.24, 2.45) is 0 Å². The predicted octanol–water partition coefficient (Wildman–Crippen LogP) is 3.46. The largest absolute Gasteiger partial charge is 0.385 e. The smallest absolute Gasteiger partial charge is 0.251 e. The van der Waals surface area contributed by atoms with Gasteiger partial charge in [-0.3, -0.25) is 4.79 Å². The molecule has 0 aliphatic rings. The van der Waals surface area contributed by atoms with Crippen molar-refractivity contribution in [3.8, 4) is 0 Å². The predicted molar refractivity (Wildman–Crippen MR) is 117 cm³/mol. The lowest BCUT2D eigenvalue weighted by atomic mass is 10.2. The van der Waals surface area contributed by atoms with Gasteiger partial charge in [-0.25, -0.2) is 13.1 Å². The molecule has 1 amide bonds. The van der Waals surface area contributed by atoms with Gasteiger partial charge in [-0.1, -0.05) is 24.3 Å². The van der Waals surface area contributed by atoms with E-state index in [1.54, 1.807) is 0 Å². The highest BCUT2D eigenvalue weighted by Crippen LogP contribution is 2.13. The average molecular weight is 430 g/mol. The zero-order valence-corrected chi connectivity index (χ0v) is 17.4. The molecule has 3 aromatic rings. The van der Waals surface area contributed by atoms with Gasteiger partial charge in [-0.2, -0.15) is 0 Å². The number of carbonyl (C=O) groups excluding carboxylic acids is 1. The molecule has 0 fully saturated rings. The normalized spacial score (nSPS) is 11.2. The summed E-state index contributed by atoms with van der Waals surface area (Å²) in [6.07, 6.45) is 0.778. The third kappa shape index (κ3) is 6.42. The molecule has 0 unspecified atom stereocenters. The zero-order valence-electron chi connectivity index (χ0n) is 15.8. The van der Waals surface area contributed by atoms with Crippen molar-refractivity contribution < 1.29 is 13.2 Å². The maximum atomic E-state index is 12.4. The highest BCUT2D eigenvalue weighted by Gasteiger charge is 2.15. The monoisotopic (exact) mass is 429 g/mol. The van der Waals surface area contributed by atoms with Gasteiger partial charge in [0, 0.05) is 35.8 Å². The fourth-order valence-electron chi connectivity index (χ4n) is 2.63. The van der Waals surface area contributed by atoms with Gasteiger partial charge in [0.25, 0.3) is 5.91 Å². The third-order valence-electron chi connectivity index (χ3n) is 4.19. The number of hydrogen-bond donors (Lipinski definition) is 3. The van der Waals surface area contributed by atoms with Gasteiger partial charge in [0.05, 0.1) is 4.90 Å². The number of carbonyl (C=O) groups is 1. The maximum Gasteiger partial charge on any atom is 0.251 e. The lowest BCUT2D eigenvalue weighted by molar-refractivity contribution is 0.0953. The molecule has 6 nitrogen and oxygen atoms in total. The molecule has 8 heteroatoms. The first-order valence-electron chi connectivity index (χ1n) is 9.24. The van der Waals surface area contributed by atoms with Crippen molar-refractivity contribution in [2.75, 3.05) is 18.4 Å². The molecule has 3 rings (SSSR count). The van der Waals surface area contributed by atoms with Crippen molar-refractivity contribution in [1.82, 2.24) is 10.0 Å². The van der Waals surface area contributed by atoms with Crippen LogP contribution in [-0.2, 0) is 16.6 Å². The molecule has 0 spiro atoms. The maximum absolute atomic E-state index is 12.4. The summed E-state index contributed by atoms with van der Waals surface area (Å²) in [7, 11) is -3.61. The van der Waals surface area contributed by atoms with Crippen LogP contribution in [-0.4, -0.2) is 27.4 Å². The quantitative estimate of drug-likeness (QED) is 0.431. The first-order valence-corrected chi connectivity index (χ1v) is 11.6. The molecule has 1 heterocycles. The van der Waals surface area contributed by atoms with Crippen LogP contribution in [0.15, 0.2) is 77.0 Å². The van der Waals surface area contributed by atoms with Gasteiger partial charge in [0.15, 0.2) is 0 Å². The second-order valence-corrected chi connectivity index (χ2v) is 9.13. The van der Waals surface area contributed by atoms with Crippen LogP contribution in [0.1, 0.15) is 21.7 Å². The Labute approximate surface area is 175 Å². The molecule has 0 bridgehead atoms. The van der Waals surface area contributed by atoms with Gasteiger partial charge in [-0.05, 0) is 54.3 Å². The lowest BCUT2D eigenvalue weighted by Crippen LogP contribution is -2.26. The van der Waals surface area contributed by atoms with E-state index in [2.05, 4.69) is 15.4 Å². The van der Waals surface area contributed by atoms with Gasteiger partial charge < -0.3 is 10.6 Å². The number of sulfonamides is 1. The summed E-state index contributed by atoms with van der Waals surface area (Å²) in [6.45, 7) is 1.53. The Morgan fingerprint density at radius 3 is 2.34 bits per heavy atom. The second-order valence-electron chi connectivity index (χ2n) is 6.33. The summed E-state index contributed by atoms with van der Waals surface area (Å²) in [5.41, 5.74) is 1.47. The summed E-state index contributed by atoms with van der Waals surface area (Å²) < 4.78 is 27.3. The Kier molecular flexibility index (Phi) is 7.40. The number of benzene rings is 2. The van der Waals surface area contributed by atoms with Crippen LogP contribution in [0.25, 0.3) is 0 Å². The molecule has 29 heavy (non-hydrogen) atoms. The first kappa shape index (κ1) is 21.0. The Morgan fingerprint density at radius 1 is 0.897 bits per heavy atom. The molecule has 2 aromatic carbocycles. The van der Waals surface area contributed by atoms with Crippen molar-refractivity contribution in [3.63, 3.8) is 0 Å². The molecule has 0 aliphatic heterocycles. The van der Waals surface area contributed by atoms with Crippen LogP contribution >= 0.6 is 11.3 Å². The molecule has 0 saturated heterocycles. The van der Waals surface area contributed by atoms with Gasteiger partial charge in [0.2, 0.25) is 10.0 Å². The number of amides is 1. The average Bonchev–Trinajstić information content (AvgIpc) is 3.27. The van der Waals surface area contributed by atoms with Crippen LogP contribution in [0.4, 0.5) is 5.69 Å². The van der Waals surface area contributed by atoms with Gasteiger partial charge in [0.1, 0.15) is 0 Å². The van der Waals surface area contributed by atoms with Crippen molar-refractivity contribution in [1.29, 1.82) is 0 Å². The number of para-hydroxylation sites is 1. The summed E-state index contributed by atoms with van der Waals surface area (Å²) in [4.78, 5) is 13.3. The zero-order chi connectivity index (χ0) is 20.5. The lowest BCUT2D eigenvalue weighted by Gasteiger charge is -2.09. The van der Waals surface area contributed by atoms with E-state index < -0.39 is 10.0 Å². The van der Waals surface area contributed by atoms with Crippen molar-refractivity contribution >= 4 is 33.0 Å². The van der Waals surface area contributed by atoms with Crippen LogP contribution in [0.3, 0.4) is 0 Å².